The van der Waals surface area contributed by atoms with Gasteiger partial charge in [0, 0.05) is 18.1 Å². The van der Waals surface area contributed by atoms with Gasteiger partial charge in [0.2, 0.25) is 10.0 Å². The molecule has 0 aliphatic rings. The summed E-state index contributed by atoms with van der Waals surface area (Å²) in [5.74, 6) is 0. The standard InChI is InChI=1S/C10H12ClF3N2O2S.ClH/c1-15-4-5-16-19(17,18)9-3-2-7(11)6-8(9)10(12,13)14;/h2-3,6,15-16H,4-5H2,1H3;1H. The van der Waals surface area contributed by atoms with Crippen molar-refractivity contribution in [3.8, 4) is 0 Å². The van der Waals surface area contributed by atoms with Gasteiger partial charge in [0.05, 0.1) is 10.5 Å². The van der Waals surface area contributed by atoms with Gasteiger partial charge >= 0.3 is 6.18 Å². The van der Waals surface area contributed by atoms with Gasteiger partial charge in [-0.25, -0.2) is 13.1 Å². The van der Waals surface area contributed by atoms with E-state index in [1.54, 1.807) is 7.05 Å². The predicted octanol–water partition coefficient (Wildman–Crippen LogP) is 2.28. The summed E-state index contributed by atoms with van der Waals surface area (Å²) < 4.78 is 64.0. The van der Waals surface area contributed by atoms with Crippen LogP contribution < -0.4 is 10.0 Å². The van der Waals surface area contributed by atoms with E-state index in [1.165, 1.54) is 0 Å². The van der Waals surface area contributed by atoms with Crippen molar-refractivity contribution in [2.24, 2.45) is 0 Å². The van der Waals surface area contributed by atoms with Gasteiger partial charge in [0.15, 0.2) is 0 Å². The Kier molecular flexibility index (Phi) is 7.26. The maximum atomic E-state index is 12.8. The average Bonchev–Trinajstić information content (AvgIpc) is 2.27. The molecule has 0 saturated carbocycles. The zero-order chi connectivity index (χ0) is 14.7. The van der Waals surface area contributed by atoms with E-state index in [4.69, 9.17) is 11.6 Å². The molecule has 0 atom stereocenters. The van der Waals surface area contributed by atoms with Gasteiger partial charge in [-0.1, -0.05) is 11.6 Å². The van der Waals surface area contributed by atoms with E-state index >= 15 is 0 Å². The maximum absolute atomic E-state index is 12.8. The molecule has 0 aliphatic carbocycles. The van der Waals surface area contributed by atoms with Crippen LogP contribution in [-0.2, 0) is 16.2 Å². The number of hydrogen-bond donors (Lipinski definition) is 2. The molecule has 0 amide bonds. The summed E-state index contributed by atoms with van der Waals surface area (Å²) in [7, 11) is -2.64. The highest BCUT2D eigenvalue weighted by molar-refractivity contribution is 7.89. The third kappa shape index (κ3) is 5.10. The molecule has 1 aromatic rings. The second kappa shape index (κ2) is 7.46. The first-order valence-corrected chi connectivity index (χ1v) is 7.05. The first kappa shape index (κ1) is 19.5. The third-order valence-electron chi connectivity index (χ3n) is 2.20. The highest BCUT2D eigenvalue weighted by atomic mass is 35.5. The zero-order valence-electron chi connectivity index (χ0n) is 10.3. The predicted molar refractivity (Wildman–Crippen MR) is 72.8 cm³/mol. The van der Waals surface area contributed by atoms with E-state index in [9.17, 15) is 21.6 Å². The van der Waals surface area contributed by atoms with Gasteiger partial charge in [-0.2, -0.15) is 13.2 Å². The molecule has 0 radical (unpaired) electrons. The minimum atomic E-state index is -4.79. The monoisotopic (exact) mass is 352 g/mol. The molecule has 2 N–H and O–H groups in total. The van der Waals surface area contributed by atoms with Crippen molar-refractivity contribution in [1.29, 1.82) is 0 Å². The molecular weight excluding hydrogens is 340 g/mol. The molecule has 1 rings (SSSR count). The van der Waals surface area contributed by atoms with Crippen molar-refractivity contribution in [2.75, 3.05) is 20.1 Å². The van der Waals surface area contributed by atoms with Gasteiger partial charge in [-0.15, -0.1) is 12.4 Å². The molecule has 0 unspecified atom stereocenters. The van der Waals surface area contributed by atoms with Crippen molar-refractivity contribution in [2.45, 2.75) is 11.1 Å². The van der Waals surface area contributed by atoms with Gasteiger partial charge < -0.3 is 5.32 Å². The summed E-state index contributed by atoms with van der Waals surface area (Å²) in [6.45, 7) is 0.285. The maximum Gasteiger partial charge on any atom is 0.417 e. The Morgan fingerprint density at radius 3 is 2.35 bits per heavy atom. The first-order valence-electron chi connectivity index (χ1n) is 5.19. The highest BCUT2D eigenvalue weighted by Crippen LogP contribution is 2.35. The minimum absolute atomic E-state index is 0. The van der Waals surface area contributed by atoms with Crippen molar-refractivity contribution < 1.29 is 21.6 Å². The summed E-state index contributed by atoms with van der Waals surface area (Å²) in [4.78, 5) is -0.833. The quantitative estimate of drug-likeness (QED) is 0.799. The van der Waals surface area contributed by atoms with Crippen molar-refractivity contribution in [3.05, 3.63) is 28.8 Å². The fraction of sp³-hybridized carbons (Fsp3) is 0.400. The van der Waals surface area contributed by atoms with Crippen LogP contribution >= 0.6 is 24.0 Å². The number of sulfonamides is 1. The molecule has 4 nitrogen and oxygen atoms in total. The number of likely N-dealkylation sites (N-methyl/N-ethyl adjacent to an activating group) is 1. The Bertz CT molecular complexity index is 550. The van der Waals surface area contributed by atoms with Crippen LogP contribution in [0.3, 0.4) is 0 Å². The third-order valence-corrected chi connectivity index (χ3v) is 3.96. The van der Waals surface area contributed by atoms with Crippen LogP contribution in [0, 0.1) is 0 Å². The van der Waals surface area contributed by atoms with E-state index in [1.807, 2.05) is 0 Å². The van der Waals surface area contributed by atoms with Gasteiger partial charge in [0.1, 0.15) is 0 Å². The number of rotatable bonds is 5. The summed E-state index contributed by atoms with van der Waals surface area (Å²) in [6, 6.07) is 2.53. The highest BCUT2D eigenvalue weighted by Gasteiger charge is 2.37. The van der Waals surface area contributed by atoms with Crippen molar-refractivity contribution in [1.82, 2.24) is 10.0 Å². The fourth-order valence-electron chi connectivity index (χ4n) is 1.35. The largest absolute Gasteiger partial charge is 0.417 e. The Labute approximate surface area is 126 Å². The van der Waals surface area contributed by atoms with Crippen LogP contribution in [-0.4, -0.2) is 28.6 Å². The van der Waals surface area contributed by atoms with Crippen LogP contribution in [0.5, 0.6) is 0 Å². The van der Waals surface area contributed by atoms with Crippen LogP contribution in [0.1, 0.15) is 5.56 Å². The smallest absolute Gasteiger partial charge is 0.318 e. The summed E-state index contributed by atoms with van der Waals surface area (Å²) in [5.41, 5.74) is -1.28. The number of nitrogens with one attached hydrogen (secondary N) is 2. The Balaban J connectivity index is 0.00000361. The second-order valence-corrected chi connectivity index (χ2v) is 5.81. The number of hydrogen-bond acceptors (Lipinski definition) is 3. The van der Waals surface area contributed by atoms with E-state index in [0.717, 1.165) is 12.1 Å². The van der Waals surface area contributed by atoms with Crippen LogP contribution in [0.2, 0.25) is 5.02 Å². The average molecular weight is 353 g/mol. The lowest BCUT2D eigenvalue weighted by atomic mass is 10.2. The Morgan fingerprint density at radius 2 is 1.85 bits per heavy atom. The molecule has 0 bridgehead atoms. The first-order chi connectivity index (χ1) is 8.68. The molecule has 0 spiro atoms. The summed E-state index contributed by atoms with van der Waals surface area (Å²) in [5, 5.41) is 2.50. The molecule has 0 heterocycles. The SMILES string of the molecule is CNCCNS(=O)(=O)c1ccc(Cl)cc1C(F)(F)F.Cl. The molecular formula is C10H13Cl2F3N2O2S. The molecule has 116 valence electrons. The van der Waals surface area contributed by atoms with Crippen LogP contribution in [0.15, 0.2) is 23.1 Å². The van der Waals surface area contributed by atoms with Crippen LogP contribution in [0.25, 0.3) is 0 Å². The Hall–Kier alpha value is -0.540. The summed E-state index contributed by atoms with van der Waals surface area (Å²) >= 11 is 5.47. The lowest BCUT2D eigenvalue weighted by molar-refractivity contribution is -0.139. The molecule has 1 aromatic carbocycles. The summed E-state index contributed by atoms with van der Waals surface area (Å²) in [6.07, 6.45) is -4.79. The van der Waals surface area contributed by atoms with E-state index in [2.05, 4.69) is 10.0 Å². The Morgan fingerprint density at radius 1 is 1.25 bits per heavy atom. The molecule has 0 aromatic heterocycles. The lowest BCUT2D eigenvalue weighted by Crippen LogP contribution is -2.31. The molecule has 0 fully saturated rings. The minimum Gasteiger partial charge on any atom is -0.318 e. The lowest BCUT2D eigenvalue weighted by Gasteiger charge is -2.14. The number of halogens is 5. The number of alkyl halides is 3. The van der Waals surface area contributed by atoms with Crippen molar-refractivity contribution >= 4 is 34.0 Å². The van der Waals surface area contributed by atoms with E-state index in [0.29, 0.717) is 12.6 Å². The van der Waals surface area contributed by atoms with Crippen LogP contribution in [0.4, 0.5) is 13.2 Å². The zero-order valence-corrected chi connectivity index (χ0v) is 12.7. The second-order valence-electron chi connectivity index (χ2n) is 3.64. The van der Waals surface area contributed by atoms with Crippen molar-refractivity contribution in [3.63, 3.8) is 0 Å². The normalized spacial score (nSPS) is 12.1. The molecule has 0 saturated heterocycles. The molecule has 10 heteroatoms. The van der Waals surface area contributed by atoms with Gasteiger partial charge in [-0.05, 0) is 25.2 Å². The van der Waals surface area contributed by atoms with E-state index in [-0.39, 0.29) is 24.0 Å². The van der Waals surface area contributed by atoms with Gasteiger partial charge in [0.25, 0.3) is 0 Å². The fourth-order valence-corrected chi connectivity index (χ4v) is 2.76. The topological polar surface area (TPSA) is 58.2 Å². The number of benzene rings is 1. The molecule has 0 aliphatic heterocycles. The van der Waals surface area contributed by atoms with E-state index < -0.39 is 26.7 Å². The van der Waals surface area contributed by atoms with Gasteiger partial charge in [-0.3, -0.25) is 0 Å². The molecule has 20 heavy (non-hydrogen) atoms.